The first-order valence-electron chi connectivity index (χ1n) is 5.06. The van der Waals surface area contributed by atoms with Gasteiger partial charge in [0.25, 0.3) is 0 Å². The molecule has 1 aliphatic rings. The van der Waals surface area contributed by atoms with E-state index in [9.17, 15) is 4.79 Å². The molecule has 1 N–H and O–H groups in total. The Morgan fingerprint density at radius 3 is 2.40 bits per heavy atom. The monoisotopic (exact) mass is 217 g/mol. The minimum Gasteiger partial charge on any atom is -0.444 e. The first kappa shape index (κ1) is 12.3. The summed E-state index contributed by atoms with van der Waals surface area (Å²) in [7, 11) is 0. The minimum absolute atomic E-state index is 0.294. The molecule has 1 amide bonds. The lowest BCUT2D eigenvalue weighted by Crippen LogP contribution is -2.43. The van der Waals surface area contributed by atoms with Crippen molar-refractivity contribution in [3.05, 3.63) is 0 Å². The third kappa shape index (κ3) is 4.48. The second kappa shape index (κ2) is 4.37. The quantitative estimate of drug-likeness (QED) is 0.757. The van der Waals surface area contributed by atoms with Crippen LogP contribution in [-0.2, 0) is 14.2 Å². The van der Waals surface area contributed by atoms with Gasteiger partial charge in [0.15, 0.2) is 5.79 Å². The molecule has 5 heteroatoms. The second-order valence-electron chi connectivity index (χ2n) is 4.69. The Balaban J connectivity index is 2.28. The van der Waals surface area contributed by atoms with Gasteiger partial charge in [-0.05, 0) is 27.7 Å². The van der Waals surface area contributed by atoms with E-state index in [1.807, 2.05) is 20.8 Å². The fourth-order valence-corrected chi connectivity index (χ4v) is 1.21. The van der Waals surface area contributed by atoms with E-state index in [4.69, 9.17) is 14.2 Å². The first-order chi connectivity index (χ1) is 6.81. The first-order valence-corrected chi connectivity index (χ1v) is 5.06. The second-order valence-corrected chi connectivity index (χ2v) is 4.69. The van der Waals surface area contributed by atoms with Crippen LogP contribution in [0.25, 0.3) is 0 Å². The average molecular weight is 217 g/mol. The van der Waals surface area contributed by atoms with E-state index in [0.29, 0.717) is 19.8 Å². The van der Waals surface area contributed by atoms with Crippen LogP contribution in [-0.4, -0.2) is 37.2 Å². The highest BCUT2D eigenvalue weighted by molar-refractivity contribution is 5.67. The highest BCUT2D eigenvalue weighted by atomic mass is 16.7. The Morgan fingerprint density at radius 1 is 1.40 bits per heavy atom. The lowest BCUT2D eigenvalue weighted by molar-refractivity contribution is -0.137. The Morgan fingerprint density at radius 2 is 1.93 bits per heavy atom. The molecule has 88 valence electrons. The number of hydrogen-bond acceptors (Lipinski definition) is 4. The van der Waals surface area contributed by atoms with Crippen LogP contribution in [0.2, 0.25) is 0 Å². The summed E-state index contributed by atoms with van der Waals surface area (Å²) in [5, 5.41) is 2.61. The largest absolute Gasteiger partial charge is 0.444 e. The van der Waals surface area contributed by atoms with Crippen molar-refractivity contribution in [1.82, 2.24) is 5.32 Å². The van der Waals surface area contributed by atoms with E-state index < -0.39 is 17.5 Å². The van der Waals surface area contributed by atoms with Crippen LogP contribution in [0.15, 0.2) is 0 Å². The van der Waals surface area contributed by atoms with Gasteiger partial charge in [-0.25, -0.2) is 4.79 Å². The Kier molecular flexibility index (Phi) is 3.57. The molecule has 0 aromatic heterocycles. The van der Waals surface area contributed by atoms with Gasteiger partial charge < -0.3 is 19.5 Å². The summed E-state index contributed by atoms with van der Waals surface area (Å²) in [6.45, 7) is 8.66. The van der Waals surface area contributed by atoms with E-state index in [-0.39, 0.29) is 0 Å². The van der Waals surface area contributed by atoms with E-state index in [0.717, 1.165) is 0 Å². The lowest BCUT2D eigenvalue weighted by Gasteiger charge is -2.24. The van der Waals surface area contributed by atoms with Gasteiger partial charge in [0.05, 0.1) is 19.8 Å². The molecule has 1 rings (SSSR count). The molecule has 1 fully saturated rings. The van der Waals surface area contributed by atoms with Crippen molar-refractivity contribution in [2.45, 2.75) is 39.1 Å². The molecule has 1 saturated heterocycles. The standard InChI is InChI=1S/C10H19NO4/c1-9(2,3)15-8(12)11-7-10(4)13-5-6-14-10/h5-7H2,1-4H3,(H,11,12). The fourth-order valence-electron chi connectivity index (χ4n) is 1.21. The molecular weight excluding hydrogens is 198 g/mol. The van der Waals surface area contributed by atoms with Crippen molar-refractivity contribution in [2.24, 2.45) is 0 Å². The smallest absolute Gasteiger partial charge is 0.407 e. The number of amides is 1. The summed E-state index contributed by atoms with van der Waals surface area (Å²) in [6, 6.07) is 0. The number of carbonyl (C=O) groups is 1. The molecule has 0 radical (unpaired) electrons. The summed E-state index contributed by atoms with van der Waals surface area (Å²) in [5.41, 5.74) is -0.484. The molecule has 1 heterocycles. The molecule has 0 aromatic carbocycles. The third-order valence-corrected chi connectivity index (χ3v) is 1.85. The highest BCUT2D eigenvalue weighted by Crippen LogP contribution is 2.17. The van der Waals surface area contributed by atoms with Gasteiger partial charge in [-0.3, -0.25) is 0 Å². The maximum absolute atomic E-state index is 11.3. The van der Waals surface area contributed by atoms with E-state index in [1.165, 1.54) is 0 Å². The maximum Gasteiger partial charge on any atom is 0.407 e. The topological polar surface area (TPSA) is 56.8 Å². The third-order valence-electron chi connectivity index (χ3n) is 1.85. The van der Waals surface area contributed by atoms with E-state index in [1.54, 1.807) is 6.92 Å². The number of alkyl carbamates (subject to hydrolysis) is 1. The predicted octanol–water partition coefficient (Wildman–Crippen LogP) is 1.27. The van der Waals surface area contributed by atoms with Crippen LogP contribution in [0.1, 0.15) is 27.7 Å². The van der Waals surface area contributed by atoms with Crippen LogP contribution >= 0.6 is 0 Å². The molecule has 5 nitrogen and oxygen atoms in total. The van der Waals surface area contributed by atoms with Crippen molar-refractivity contribution < 1.29 is 19.0 Å². The molecular formula is C10H19NO4. The van der Waals surface area contributed by atoms with Crippen molar-refractivity contribution >= 4 is 6.09 Å². The van der Waals surface area contributed by atoms with E-state index in [2.05, 4.69) is 5.32 Å². The zero-order valence-electron chi connectivity index (χ0n) is 9.75. The van der Waals surface area contributed by atoms with Gasteiger partial charge in [-0.2, -0.15) is 0 Å². The molecule has 0 aromatic rings. The van der Waals surface area contributed by atoms with Crippen LogP contribution in [0.4, 0.5) is 4.79 Å². The molecule has 0 atom stereocenters. The summed E-state index contributed by atoms with van der Waals surface area (Å²) in [5.74, 6) is -0.711. The van der Waals surface area contributed by atoms with Crippen LogP contribution < -0.4 is 5.32 Å². The van der Waals surface area contributed by atoms with Gasteiger partial charge in [-0.1, -0.05) is 0 Å². The zero-order chi connectivity index (χ0) is 11.5. The van der Waals surface area contributed by atoms with Crippen molar-refractivity contribution in [1.29, 1.82) is 0 Å². The van der Waals surface area contributed by atoms with Gasteiger partial charge in [-0.15, -0.1) is 0 Å². The van der Waals surface area contributed by atoms with Gasteiger partial charge in [0, 0.05) is 0 Å². The number of rotatable bonds is 2. The van der Waals surface area contributed by atoms with Crippen molar-refractivity contribution in [3.63, 3.8) is 0 Å². The Labute approximate surface area is 90.1 Å². The number of hydrogen-bond donors (Lipinski definition) is 1. The predicted molar refractivity (Wildman–Crippen MR) is 54.5 cm³/mol. The molecule has 0 bridgehead atoms. The average Bonchev–Trinajstić information content (AvgIpc) is 2.47. The zero-order valence-corrected chi connectivity index (χ0v) is 9.75. The number of ether oxygens (including phenoxy) is 3. The highest BCUT2D eigenvalue weighted by Gasteiger charge is 2.31. The molecule has 1 aliphatic heterocycles. The van der Waals surface area contributed by atoms with Crippen LogP contribution in [0.3, 0.4) is 0 Å². The summed E-state index contributed by atoms with van der Waals surface area (Å²) >= 11 is 0. The van der Waals surface area contributed by atoms with Gasteiger partial charge in [0.2, 0.25) is 0 Å². The number of nitrogens with one attached hydrogen (secondary N) is 1. The minimum atomic E-state index is -0.711. The summed E-state index contributed by atoms with van der Waals surface area (Å²) in [4.78, 5) is 11.3. The Bertz CT molecular complexity index is 228. The molecule has 0 spiro atoms. The Hall–Kier alpha value is -0.810. The van der Waals surface area contributed by atoms with Gasteiger partial charge >= 0.3 is 6.09 Å². The summed E-state index contributed by atoms with van der Waals surface area (Å²) in [6.07, 6.45) is -0.456. The molecule has 0 unspecified atom stereocenters. The molecule has 0 aliphatic carbocycles. The van der Waals surface area contributed by atoms with Crippen LogP contribution in [0.5, 0.6) is 0 Å². The molecule has 0 saturated carbocycles. The summed E-state index contributed by atoms with van der Waals surface area (Å²) < 4.78 is 15.7. The van der Waals surface area contributed by atoms with Crippen molar-refractivity contribution in [3.8, 4) is 0 Å². The van der Waals surface area contributed by atoms with Crippen LogP contribution in [0, 0.1) is 0 Å². The normalized spacial score (nSPS) is 20.0. The van der Waals surface area contributed by atoms with E-state index >= 15 is 0 Å². The van der Waals surface area contributed by atoms with Gasteiger partial charge in [0.1, 0.15) is 5.60 Å². The lowest BCUT2D eigenvalue weighted by atomic mass is 10.2. The fraction of sp³-hybridized carbons (Fsp3) is 0.900. The maximum atomic E-state index is 11.3. The number of carbonyl (C=O) groups excluding carboxylic acids is 1. The SMILES string of the molecule is CC(C)(C)OC(=O)NCC1(C)OCCO1. The molecule has 15 heavy (non-hydrogen) atoms. The van der Waals surface area contributed by atoms with Crippen molar-refractivity contribution in [2.75, 3.05) is 19.8 Å².